The number of ether oxygens (including phenoxy) is 2. The van der Waals surface area contributed by atoms with Crippen molar-refractivity contribution >= 4 is 0 Å². The lowest BCUT2D eigenvalue weighted by Gasteiger charge is -2.30. The summed E-state index contributed by atoms with van der Waals surface area (Å²) in [6.45, 7) is 0.356. The van der Waals surface area contributed by atoms with E-state index >= 15 is 0 Å². The molecule has 2 fully saturated rings. The molecule has 2 heterocycles. The summed E-state index contributed by atoms with van der Waals surface area (Å²) in [4.78, 5) is 0. The third-order valence-electron chi connectivity index (χ3n) is 2.25. The van der Waals surface area contributed by atoms with E-state index in [9.17, 15) is 10.2 Å². The molecule has 5 nitrogen and oxygen atoms in total. The maximum absolute atomic E-state index is 9.35. The largest absolute Gasteiger partial charge is 0.387 e. The molecule has 2 bridgehead atoms. The van der Waals surface area contributed by atoms with Crippen molar-refractivity contribution in [3.8, 4) is 0 Å². The zero-order valence-electron chi connectivity index (χ0n) is 6.01. The number of aliphatic hydroxyl groups is 2. The van der Waals surface area contributed by atoms with E-state index in [1.54, 1.807) is 0 Å². The zero-order chi connectivity index (χ0) is 8.01. The highest BCUT2D eigenvalue weighted by Crippen LogP contribution is 2.25. The van der Waals surface area contributed by atoms with Crippen molar-refractivity contribution in [2.75, 3.05) is 6.61 Å². The molecule has 5 heteroatoms. The molecular formula is C6H12NO4+. The molecule has 2 saturated heterocycles. The maximum atomic E-state index is 9.35. The molecule has 0 spiro atoms. The van der Waals surface area contributed by atoms with Crippen molar-refractivity contribution in [1.82, 2.24) is 0 Å². The topological polar surface area (TPSA) is 86.6 Å². The third kappa shape index (κ3) is 0.969. The van der Waals surface area contributed by atoms with Gasteiger partial charge in [-0.3, -0.25) is 0 Å². The Morgan fingerprint density at radius 3 is 2.73 bits per heavy atom. The van der Waals surface area contributed by atoms with Crippen molar-refractivity contribution in [1.29, 1.82) is 0 Å². The first kappa shape index (κ1) is 7.45. The Labute approximate surface area is 63.7 Å². The molecule has 0 aromatic heterocycles. The highest BCUT2D eigenvalue weighted by atomic mass is 16.7. The van der Waals surface area contributed by atoms with Crippen LogP contribution in [0.15, 0.2) is 0 Å². The second-order valence-corrected chi connectivity index (χ2v) is 3.02. The molecule has 64 valence electrons. The first-order chi connectivity index (χ1) is 5.20. The molecule has 0 amide bonds. The Kier molecular flexibility index (Phi) is 1.62. The summed E-state index contributed by atoms with van der Waals surface area (Å²) >= 11 is 0. The van der Waals surface area contributed by atoms with Crippen LogP contribution in [0.2, 0.25) is 0 Å². The SMILES string of the molecule is [NH3+][C@@H]1[C@H]2OC[C@H](O2)[C@@H](O)[C@H]1O. The zero-order valence-corrected chi connectivity index (χ0v) is 6.01. The van der Waals surface area contributed by atoms with E-state index in [2.05, 4.69) is 5.73 Å². The summed E-state index contributed by atoms with van der Waals surface area (Å²) in [6, 6.07) is -0.385. The van der Waals surface area contributed by atoms with Gasteiger partial charge in [0.25, 0.3) is 0 Å². The number of hydrogen-bond acceptors (Lipinski definition) is 4. The van der Waals surface area contributed by atoms with E-state index in [-0.39, 0.29) is 12.1 Å². The molecule has 0 aliphatic carbocycles. The van der Waals surface area contributed by atoms with Crippen LogP contribution in [0.1, 0.15) is 0 Å². The van der Waals surface area contributed by atoms with Gasteiger partial charge in [-0.05, 0) is 0 Å². The maximum Gasteiger partial charge on any atom is 0.213 e. The van der Waals surface area contributed by atoms with Gasteiger partial charge in [-0.1, -0.05) is 0 Å². The normalized spacial score (nSPS) is 56.5. The van der Waals surface area contributed by atoms with Gasteiger partial charge in [-0.25, -0.2) is 0 Å². The predicted octanol–water partition coefficient (Wildman–Crippen LogP) is -2.93. The van der Waals surface area contributed by atoms with Gasteiger partial charge in [0.15, 0.2) is 6.04 Å². The van der Waals surface area contributed by atoms with Crippen molar-refractivity contribution in [2.45, 2.75) is 30.6 Å². The van der Waals surface area contributed by atoms with Crippen molar-refractivity contribution in [3.63, 3.8) is 0 Å². The smallest absolute Gasteiger partial charge is 0.213 e. The first-order valence-electron chi connectivity index (χ1n) is 3.66. The van der Waals surface area contributed by atoms with Gasteiger partial charge < -0.3 is 25.4 Å². The van der Waals surface area contributed by atoms with Crippen LogP contribution in [-0.4, -0.2) is 47.5 Å². The van der Waals surface area contributed by atoms with Crippen LogP contribution in [-0.2, 0) is 9.47 Å². The Morgan fingerprint density at radius 1 is 1.27 bits per heavy atom. The van der Waals surface area contributed by atoms with Crippen molar-refractivity contribution in [2.24, 2.45) is 0 Å². The summed E-state index contributed by atoms with van der Waals surface area (Å²) < 4.78 is 10.3. The van der Waals surface area contributed by atoms with Gasteiger partial charge in [0.1, 0.15) is 18.3 Å². The van der Waals surface area contributed by atoms with Crippen LogP contribution in [0.3, 0.4) is 0 Å². The molecule has 0 aromatic carbocycles. The van der Waals surface area contributed by atoms with Crippen LogP contribution in [0.5, 0.6) is 0 Å². The highest BCUT2D eigenvalue weighted by Gasteiger charge is 2.50. The molecule has 5 N–H and O–H groups in total. The van der Waals surface area contributed by atoms with E-state index in [1.165, 1.54) is 0 Å². The van der Waals surface area contributed by atoms with E-state index < -0.39 is 18.5 Å². The number of hydrogen-bond donors (Lipinski definition) is 3. The van der Waals surface area contributed by atoms with Gasteiger partial charge in [-0.2, -0.15) is 0 Å². The minimum Gasteiger partial charge on any atom is -0.387 e. The number of fused-ring (bicyclic) bond motifs is 2. The highest BCUT2D eigenvalue weighted by molar-refractivity contribution is 4.91. The lowest BCUT2D eigenvalue weighted by Crippen LogP contribution is -2.75. The predicted molar refractivity (Wildman–Crippen MR) is 33.3 cm³/mol. The van der Waals surface area contributed by atoms with Crippen LogP contribution in [0.25, 0.3) is 0 Å². The molecule has 0 unspecified atom stereocenters. The Morgan fingerprint density at radius 2 is 2.00 bits per heavy atom. The Hall–Kier alpha value is -0.200. The summed E-state index contributed by atoms with van der Waals surface area (Å²) in [6.07, 6.45) is -2.47. The monoisotopic (exact) mass is 162 g/mol. The molecule has 11 heavy (non-hydrogen) atoms. The van der Waals surface area contributed by atoms with Gasteiger partial charge in [-0.15, -0.1) is 0 Å². The Balaban J connectivity index is 2.16. The third-order valence-corrected chi connectivity index (χ3v) is 2.25. The first-order valence-corrected chi connectivity index (χ1v) is 3.66. The minimum atomic E-state index is -0.851. The van der Waals surface area contributed by atoms with Gasteiger partial charge >= 0.3 is 0 Å². The minimum absolute atomic E-state index is 0.356. The average Bonchev–Trinajstić information content (AvgIpc) is 2.44. The lowest BCUT2D eigenvalue weighted by atomic mass is 10.00. The fourth-order valence-electron chi connectivity index (χ4n) is 1.48. The number of quaternary nitrogens is 1. The van der Waals surface area contributed by atoms with Crippen LogP contribution in [0, 0.1) is 0 Å². The summed E-state index contributed by atoms with van der Waals surface area (Å²) in [7, 11) is 0. The number of rotatable bonds is 0. The fraction of sp³-hybridized carbons (Fsp3) is 1.00. The summed E-state index contributed by atoms with van der Waals surface area (Å²) in [5.41, 5.74) is 3.65. The van der Waals surface area contributed by atoms with Gasteiger partial charge in [0.05, 0.1) is 6.61 Å². The van der Waals surface area contributed by atoms with Gasteiger partial charge in [0.2, 0.25) is 6.29 Å². The molecule has 2 aliphatic heterocycles. The van der Waals surface area contributed by atoms with E-state index in [1.807, 2.05) is 0 Å². The van der Waals surface area contributed by atoms with Gasteiger partial charge in [0, 0.05) is 0 Å². The standard InChI is InChI=1S/C6H11NO4/c7-3-5(9)4(8)2-1-10-6(3)11-2/h2-6,8-9H,1,7H2/p+1/t2-,3-,4+,5-,6-/m0/s1. The Bertz CT molecular complexity index is 145. The second-order valence-electron chi connectivity index (χ2n) is 3.02. The van der Waals surface area contributed by atoms with Crippen molar-refractivity contribution < 1.29 is 25.4 Å². The van der Waals surface area contributed by atoms with E-state index in [0.29, 0.717) is 6.61 Å². The average molecular weight is 162 g/mol. The van der Waals surface area contributed by atoms with Crippen LogP contribution in [0.4, 0.5) is 0 Å². The van der Waals surface area contributed by atoms with E-state index in [0.717, 1.165) is 0 Å². The molecule has 0 radical (unpaired) electrons. The van der Waals surface area contributed by atoms with Crippen LogP contribution >= 0.6 is 0 Å². The number of aliphatic hydroxyl groups excluding tert-OH is 2. The molecule has 0 saturated carbocycles. The summed E-state index contributed by atoms with van der Waals surface area (Å²) in [5.74, 6) is 0. The fourth-order valence-corrected chi connectivity index (χ4v) is 1.48. The summed E-state index contributed by atoms with van der Waals surface area (Å²) in [5, 5.41) is 18.7. The van der Waals surface area contributed by atoms with Crippen LogP contribution < -0.4 is 5.73 Å². The molecule has 0 aromatic rings. The molecular weight excluding hydrogens is 150 g/mol. The quantitative estimate of drug-likeness (QED) is 0.356. The molecule has 2 aliphatic rings. The lowest BCUT2D eigenvalue weighted by molar-refractivity contribution is -0.485. The van der Waals surface area contributed by atoms with E-state index in [4.69, 9.17) is 9.47 Å². The second kappa shape index (κ2) is 2.40. The molecule has 2 rings (SSSR count). The molecule has 5 atom stereocenters. The van der Waals surface area contributed by atoms with Crippen molar-refractivity contribution in [3.05, 3.63) is 0 Å².